The summed E-state index contributed by atoms with van der Waals surface area (Å²) >= 11 is 0. The molecule has 1 unspecified atom stereocenters. The van der Waals surface area contributed by atoms with Crippen molar-refractivity contribution in [2.45, 2.75) is 38.6 Å². The molecule has 2 N–H and O–H groups in total. The summed E-state index contributed by atoms with van der Waals surface area (Å²) < 4.78 is 5.62. The number of alkyl carbamates (subject to hydrolysis) is 1. The topological polar surface area (TPSA) is 95.9 Å². The summed E-state index contributed by atoms with van der Waals surface area (Å²) in [6.07, 6.45) is 0.486. The summed E-state index contributed by atoms with van der Waals surface area (Å²) in [6.45, 7) is 4.58. The Hall–Kier alpha value is -3.35. The summed E-state index contributed by atoms with van der Waals surface area (Å²) in [5.41, 5.74) is 4.55. The van der Waals surface area contributed by atoms with Gasteiger partial charge in [-0.25, -0.2) is 4.79 Å². The molecule has 2 aromatic carbocycles. The minimum Gasteiger partial charge on any atom is -0.481 e. The van der Waals surface area contributed by atoms with Gasteiger partial charge in [-0.15, -0.1) is 0 Å². The molecule has 1 saturated heterocycles. The third-order valence-corrected chi connectivity index (χ3v) is 6.95. The average molecular weight is 451 g/mol. The smallest absolute Gasteiger partial charge is 0.407 e. The van der Waals surface area contributed by atoms with Crippen LogP contribution in [0.15, 0.2) is 48.5 Å². The Balaban J connectivity index is 1.42. The van der Waals surface area contributed by atoms with Gasteiger partial charge in [-0.3, -0.25) is 9.59 Å². The molecule has 2 aromatic rings. The Kier molecular flexibility index (Phi) is 6.67. The molecule has 33 heavy (non-hydrogen) atoms. The molecule has 2 aliphatic rings. The molecule has 2 amide bonds. The molecule has 3 atom stereocenters. The Bertz CT molecular complexity index is 1010. The molecule has 1 fully saturated rings. The van der Waals surface area contributed by atoms with E-state index < -0.39 is 24.0 Å². The highest BCUT2D eigenvalue weighted by Crippen LogP contribution is 2.44. The molecule has 0 saturated carbocycles. The number of carbonyl (C=O) groups excluding carboxylic acids is 2. The number of nitrogens with one attached hydrogen (secondary N) is 1. The van der Waals surface area contributed by atoms with Gasteiger partial charge in [-0.1, -0.05) is 68.8 Å². The van der Waals surface area contributed by atoms with Gasteiger partial charge in [0.05, 0.1) is 5.92 Å². The van der Waals surface area contributed by atoms with Crippen molar-refractivity contribution < 1.29 is 24.2 Å². The molecule has 4 rings (SSSR count). The Labute approximate surface area is 193 Å². The zero-order chi connectivity index (χ0) is 23.5. The fraction of sp³-hybridized carbons (Fsp3) is 0.423. The van der Waals surface area contributed by atoms with Gasteiger partial charge in [-0.05, 0) is 34.6 Å². The van der Waals surface area contributed by atoms with Crippen LogP contribution in [-0.2, 0) is 14.3 Å². The maximum absolute atomic E-state index is 13.1. The number of carboxylic acid groups (broad SMARTS) is 1. The predicted molar refractivity (Wildman–Crippen MR) is 124 cm³/mol. The van der Waals surface area contributed by atoms with Crippen molar-refractivity contribution in [3.8, 4) is 11.1 Å². The number of carbonyl (C=O) groups is 3. The quantitative estimate of drug-likeness (QED) is 0.668. The normalized spacial score (nSPS) is 18.8. The first-order valence-electron chi connectivity index (χ1n) is 11.5. The molecule has 0 spiro atoms. The maximum atomic E-state index is 13.1. The van der Waals surface area contributed by atoms with Crippen molar-refractivity contribution in [3.05, 3.63) is 59.7 Å². The van der Waals surface area contributed by atoms with Crippen molar-refractivity contribution in [1.29, 1.82) is 0 Å². The summed E-state index contributed by atoms with van der Waals surface area (Å²) in [5, 5.41) is 12.0. The number of nitrogens with zero attached hydrogens (tertiary/aromatic N) is 1. The molecule has 7 heteroatoms. The first-order chi connectivity index (χ1) is 15.9. The Morgan fingerprint density at radius 1 is 1.09 bits per heavy atom. The summed E-state index contributed by atoms with van der Waals surface area (Å²) in [7, 11) is 0. The SMILES string of the molecule is CC[C@H](C)[C@H](NC(=O)OCC1c2ccccc2-c2ccccc21)C(=O)N1CCC(C(=O)O)C1. The van der Waals surface area contributed by atoms with Crippen LogP contribution in [0.4, 0.5) is 4.79 Å². The lowest BCUT2D eigenvalue weighted by Crippen LogP contribution is -2.51. The van der Waals surface area contributed by atoms with E-state index in [1.165, 1.54) is 0 Å². The highest BCUT2D eigenvalue weighted by molar-refractivity contribution is 5.87. The molecular formula is C26H30N2O5. The number of benzene rings is 2. The van der Waals surface area contributed by atoms with Crippen LogP contribution >= 0.6 is 0 Å². The van der Waals surface area contributed by atoms with Crippen LogP contribution < -0.4 is 5.32 Å². The third-order valence-electron chi connectivity index (χ3n) is 6.95. The van der Waals surface area contributed by atoms with E-state index >= 15 is 0 Å². The van der Waals surface area contributed by atoms with E-state index in [0.717, 1.165) is 22.3 Å². The molecule has 1 aliphatic carbocycles. The van der Waals surface area contributed by atoms with Crippen molar-refractivity contribution >= 4 is 18.0 Å². The van der Waals surface area contributed by atoms with E-state index in [0.29, 0.717) is 19.4 Å². The number of hydrogen-bond acceptors (Lipinski definition) is 4. The lowest BCUT2D eigenvalue weighted by atomic mass is 9.97. The second kappa shape index (κ2) is 9.65. The first kappa shape index (κ1) is 22.8. The number of likely N-dealkylation sites (tertiary alicyclic amines) is 1. The lowest BCUT2D eigenvalue weighted by Gasteiger charge is -2.28. The standard InChI is InChI=1S/C26H30N2O5/c1-3-16(2)23(24(29)28-13-12-17(14-28)25(30)31)27-26(32)33-15-22-20-10-6-4-8-18(20)19-9-5-7-11-21(19)22/h4-11,16-17,22-23H,3,12-15H2,1-2H3,(H,27,32)(H,30,31)/t16-,17?,23-/m0/s1. The van der Waals surface area contributed by atoms with Gasteiger partial charge in [0, 0.05) is 19.0 Å². The fourth-order valence-corrected chi connectivity index (χ4v) is 4.81. The second-order valence-electron chi connectivity index (χ2n) is 8.94. The van der Waals surface area contributed by atoms with Crippen molar-refractivity contribution in [3.63, 3.8) is 0 Å². The van der Waals surface area contributed by atoms with Crippen LogP contribution in [-0.4, -0.2) is 53.7 Å². The van der Waals surface area contributed by atoms with E-state index in [9.17, 15) is 19.5 Å². The van der Waals surface area contributed by atoms with Crippen LogP contribution in [0.5, 0.6) is 0 Å². The molecule has 0 bridgehead atoms. The minimum atomic E-state index is -0.894. The maximum Gasteiger partial charge on any atom is 0.407 e. The van der Waals surface area contributed by atoms with E-state index in [-0.39, 0.29) is 30.9 Å². The van der Waals surface area contributed by atoms with Crippen molar-refractivity contribution in [2.24, 2.45) is 11.8 Å². The van der Waals surface area contributed by atoms with Gasteiger partial charge in [0.15, 0.2) is 0 Å². The predicted octanol–water partition coefficient (Wildman–Crippen LogP) is 3.87. The molecule has 7 nitrogen and oxygen atoms in total. The van der Waals surface area contributed by atoms with Crippen LogP contribution in [0.2, 0.25) is 0 Å². The number of ether oxygens (including phenoxy) is 1. The molecule has 174 valence electrons. The monoisotopic (exact) mass is 450 g/mol. The number of carboxylic acids is 1. The van der Waals surface area contributed by atoms with Gasteiger partial charge in [-0.2, -0.15) is 0 Å². The van der Waals surface area contributed by atoms with Crippen molar-refractivity contribution in [1.82, 2.24) is 10.2 Å². The van der Waals surface area contributed by atoms with E-state index in [2.05, 4.69) is 29.6 Å². The molecule has 0 radical (unpaired) electrons. The molecule has 1 heterocycles. The average Bonchev–Trinajstić information content (AvgIpc) is 3.44. The van der Waals surface area contributed by atoms with Crippen molar-refractivity contribution in [2.75, 3.05) is 19.7 Å². The van der Waals surface area contributed by atoms with Gasteiger partial charge < -0.3 is 20.1 Å². The minimum absolute atomic E-state index is 0.0594. The van der Waals surface area contributed by atoms with Crippen LogP contribution in [0, 0.1) is 11.8 Å². The fourth-order valence-electron chi connectivity index (χ4n) is 4.81. The zero-order valence-electron chi connectivity index (χ0n) is 19.0. The lowest BCUT2D eigenvalue weighted by molar-refractivity contribution is -0.141. The van der Waals surface area contributed by atoms with E-state index in [4.69, 9.17) is 4.74 Å². The molecule has 0 aromatic heterocycles. The summed E-state index contributed by atoms with van der Waals surface area (Å²) in [4.78, 5) is 38.7. The highest BCUT2D eigenvalue weighted by Gasteiger charge is 2.37. The number of fused-ring (bicyclic) bond motifs is 3. The van der Waals surface area contributed by atoms with Gasteiger partial charge in [0.25, 0.3) is 0 Å². The van der Waals surface area contributed by atoms with Crippen LogP contribution in [0.1, 0.15) is 43.7 Å². The molecule has 1 aliphatic heterocycles. The van der Waals surface area contributed by atoms with E-state index in [1.807, 2.05) is 38.1 Å². The van der Waals surface area contributed by atoms with Crippen LogP contribution in [0.25, 0.3) is 11.1 Å². The number of rotatable bonds is 7. The number of hydrogen-bond donors (Lipinski definition) is 2. The summed E-state index contributed by atoms with van der Waals surface area (Å²) in [5.74, 6) is -1.87. The number of amides is 2. The highest BCUT2D eigenvalue weighted by atomic mass is 16.5. The number of aliphatic carboxylic acids is 1. The van der Waals surface area contributed by atoms with E-state index in [1.54, 1.807) is 4.90 Å². The third kappa shape index (κ3) is 4.58. The zero-order valence-corrected chi connectivity index (χ0v) is 19.0. The van der Waals surface area contributed by atoms with Gasteiger partial charge in [0.1, 0.15) is 12.6 Å². The van der Waals surface area contributed by atoms with Crippen LogP contribution in [0.3, 0.4) is 0 Å². The largest absolute Gasteiger partial charge is 0.481 e. The van der Waals surface area contributed by atoms with Gasteiger partial charge >= 0.3 is 12.1 Å². The second-order valence-corrected chi connectivity index (χ2v) is 8.94. The Morgan fingerprint density at radius 3 is 2.24 bits per heavy atom. The molecular weight excluding hydrogens is 420 g/mol. The van der Waals surface area contributed by atoms with Gasteiger partial charge in [0.2, 0.25) is 5.91 Å². The summed E-state index contributed by atoms with van der Waals surface area (Å²) in [6, 6.07) is 15.5. The first-order valence-corrected chi connectivity index (χ1v) is 11.5. The Morgan fingerprint density at radius 2 is 1.70 bits per heavy atom.